The van der Waals surface area contributed by atoms with Crippen LogP contribution in [0.4, 0.5) is 0 Å². The Morgan fingerprint density at radius 1 is 1.47 bits per heavy atom. The normalized spacial score (nSPS) is 11.5. The predicted octanol–water partition coefficient (Wildman–Crippen LogP) is -0.413. The Labute approximate surface area is 103 Å². The number of carbonyl (C=O) groups is 1. The molecule has 0 aliphatic heterocycles. The highest BCUT2D eigenvalue weighted by Crippen LogP contribution is 1.93. The first-order valence-corrected chi connectivity index (χ1v) is 6.86. The third-order valence-corrected chi connectivity index (χ3v) is 3.37. The van der Waals surface area contributed by atoms with Gasteiger partial charge in [-0.25, -0.2) is 0 Å². The molecule has 0 heterocycles. The van der Waals surface area contributed by atoms with Crippen LogP contribution < -0.4 is 5.32 Å². The average Bonchev–Trinajstić information content (AvgIpc) is 2.32. The highest BCUT2D eigenvalue weighted by Gasteiger charge is 2.09. The van der Waals surface area contributed by atoms with E-state index in [1.54, 1.807) is 0 Å². The molecule has 6 nitrogen and oxygen atoms in total. The maximum Gasteiger partial charge on any atom is 0.268 e. The van der Waals surface area contributed by atoms with Crippen LogP contribution in [0, 0.1) is 0 Å². The Hall–Kier alpha value is -0.920. The number of hydrogen-bond donors (Lipinski definition) is 1. The number of carbonyl (C=O) groups excluding carboxylic acids is 1. The maximum absolute atomic E-state index is 11.0. The van der Waals surface area contributed by atoms with Crippen LogP contribution >= 0.6 is 0 Å². The summed E-state index contributed by atoms with van der Waals surface area (Å²) in [6.45, 7) is 5.00. The highest BCUT2D eigenvalue weighted by atomic mass is 32.2. The fourth-order valence-corrected chi connectivity index (χ4v) is 1.80. The van der Waals surface area contributed by atoms with Gasteiger partial charge in [0.15, 0.2) is 0 Å². The minimum absolute atomic E-state index is 0.0288. The summed E-state index contributed by atoms with van der Waals surface area (Å²) in [5.41, 5.74) is 0. The van der Waals surface area contributed by atoms with Crippen molar-refractivity contribution < 1.29 is 17.4 Å². The molecule has 0 aromatic heterocycles. The van der Waals surface area contributed by atoms with Crippen LogP contribution in [0.3, 0.4) is 0 Å². The monoisotopic (exact) mass is 264 g/mol. The van der Waals surface area contributed by atoms with Gasteiger partial charge in [-0.15, -0.1) is 0 Å². The van der Waals surface area contributed by atoms with E-state index in [0.717, 1.165) is 13.5 Å². The zero-order valence-electron chi connectivity index (χ0n) is 10.3. The van der Waals surface area contributed by atoms with Gasteiger partial charge in [0.05, 0.1) is 12.9 Å². The first-order chi connectivity index (χ1) is 7.91. The second-order valence-corrected chi connectivity index (χ2v) is 5.44. The van der Waals surface area contributed by atoms with Gasteiger partial charge < -0.3 is 10.2 Å². The van der Waals surface area contributed by atoms with E-state index < -0.39 is 10.1 Å². The molecular formula is C10H20N2O4S. The van der Waals surface area contributed by atoms with E-state index in [2.05, 4.69) is 16.1 Å². The lowest BCUT2D eigenvalue weighted by Crippen LogP contribution is -2.30. The Morgan fingerprint density at radius 2 is 2.12 bits per heavy atom. The number of hydrogen-bond acceptors (Lipinski definition) is 5. The fraction of sp³-hybridized carbons (Fsp3) is 0.700. The predicted molar refractivity (Wildman–Crippen MR) is 66.1 cm³/mol. The molecule has 0 aromatic rings. The lowest BCUT2D eigenvalue weighted by Gasteiger charge is -2.15. The first kappa shape index (κ1) is 16.1. The van der Waals surface area contributed by atoms with E-state index >= 15 is 0 Å². The molecule has 1 amide bonds. The average molecular weight is 264 g/mol. The molecule has 0 aliphatic carbocycles. The molecule has 0 atom stereocenters. The molecule has 0 aromatic carbocycles. The van der Waals surface area contributed by atoms with Crippen molar-refractivity contribution >= 4 is 16.0 Å². The zero-order chi connectivity index (χ0) is 13.3. The van der Waals surface area contributed by atoms with Crippen molar-refractivity contribution in [1.82, 2.24) is 10.2 Å². The second kappa shape index (κ2) is 8.21. The van der Waals surface area contributed by atoms with Crippen molar-refractivity contribution in [3.05, 3.63) is 12.7 Å². The van der Waals surface area contributed by atoms with Crippen LogP contribution in [-0.2, 0) is 19.1 Å². The van der Waals surface area contributed by atoms with Crippen molar-refractivity contribution in [1.29, 1.82) is 0 Å². The molecule has 17 heavy (non-hydrogen) atoms. The summed E-state index contributed by atoms with van der Waals surface area (Å²) in [6.07, 6.45) is 1.97. The molecule has 0 radical (unpaired) electrons. The molecule has 7 heteroatoms. The van der Waals surface area contributed by atoms with Gasteiger partial charge >= 0.3 is 0 Å². The smallest absolute Gasteiger partial charge is 0.268 e. The summed E-state index contributed by atoms with van der Waals surface area (Å²) >= 11 is 0. The van der Waals surface area contributed by atoms with Gasteiger partial charge in [-0.2, -0.15) is 8.42 Å². The van der Waals surface area contributed by atoms with E-state index in [4.69, 9.17) is 0 Å². The second-order valence-electron chi connectivity index (χ2n) is 3.58. The molecular weight excluding hydrogens is 244 g/mol. The van der Waals surface area contributed by atoms with Crippen LogP contribution in [-0.4, -0.2) is 58.8 Å². The van der Waals surface area contributed by atoms with Crippen LogP contribution in [0.2, 0.25) is 0 Å². The largest absolute Gasteiger partial charge is 0.353 e. The molecule has 0 saturated heterocycles. The fourth-order valence-electron chi connectivity index (χ4n) is 1.10. The topological polar surface area (TPSA) is 75.7 Å². The summed E-state index contributed by atoms with van der Waals surface area (Å²) in [5.74, 6) is -0.228. The molecule has 0 aliphatic rings. The van der Waals surface area contributed by atoms with E-state index in [-0.39, 0.29) is 11.7 Å². The van der Waals surface area contributed by atoms with Crippen molar-refractivity contribution in [2.24, 2.45) is 0 Å². The Bertz CT molecular complexity index is 340. The van der Waals surface area contributed by atoms with Crippen LogP contribution in [0.1, 0.15) is 6.42 Å². The van der Waals surface area contributed by atoms with Gasteiger partial charge in [0.1, 0.15) is 0 Å². The lowest BCUT2D eigenvalue weighted by molar-refractivity contribution is -0.116. The molecule has 0 rings (SSSR count). The molecule has 0 unspecified atom stereocenters. The molecule has 0 spiro atoms. The van der Waals surface area contributed by atoms with Gasteiger partial charge in [0.25, 0.3) is 10.1 Å². The van der Waals surface area contributed by atoms with E-state index in [1.807, 2.05) is 11.9 Å². The lowest BCUT2D eigenvalue weighted by atomic mass is 10.4. The SMILES string of the molecule is C=CC(=O)NCCCN(C)CCS(=O)(=O)OC. The minimum atomic E-state index is -3.39. The Kier molecular flexibility index (Phi) is 7.77. The number of nitrogens with zero attached hydrogens (tertiary/aromatic N) is 1. The van der Waals surface area contributed by atoms with Crippen molar-refractivity contribution in [2.45, 2.75) is 6.42 Å². The van der Waals surface area contributed by atoms with Crippen molar-refractivity contribution in [3.63, 3.8) is 0 Å². The van der Waals surface area contributed by atoms with Gasteiger partial charge in [0, 0.05) is 13.1 Å². The third-order valence-electron chi connectivity index (χ3n) is 2.18. The number of nitrogens with one attached hydrogen (secondary N) is 1. The third kappa shape index (κ3) is 8.84. The molecule has 0 fully saturated rings. The van der Waals surface area contributed by atoms with Gasteiger partial charge in [0.2, 0.25) is 5.91 Å². The Balaban J connectivity index is 3.63. The number of rotatable bonds is 9. The van der Waals surface area contributed by atoms with Crippen LogP contribution in [0.15, 0.2) is 12.7 Å². The van der Waals surface area contributed by atoms with Gasteiger partial charge in [-0.3, -0.25) is 8.98 Å². The Morgan fingerprint density at radius 3 is 2.65 bits per heavy atom. The zero-order valence-corrected chi connectivity index (χ0v) is 11.1. The quantitative estimate of drug-likeness (QED) is 0.348. The van der Waals surface area contributed by atoms with E-state index in [0.29, 0.717) is 19.6 Å². The standard InChI is InChI=1S/C10H20N2O4S/c1-4-10(13)11-6-5-7-12(2)8-9-17(14,15)16-3/h4H,1,5-9H2,2-3H3,(H,11,13). The highest BCUT2D eigenvalue weighted by molar-refractivity contribution is 7.86. The number of amides is 1. The van der Waals surface area contributed by atoms with Gasteiger partial charge in [-0.05, 0) is 26.1 Å². The van der Waals surface area contributed by atoms with Crippen molar-refractivity contribution in [2.75, 3.05) is 39.5 Å². The molecule has 0 saturated carbocycles. The van der Waals surface area contributed by atoms with Crippen LogP contribution in [0.5, 0.6) is 0 Å². The maximum atomic E-state index is 11.0. The summed E-state index contributed by atoms with van der Waals surface area (Å²) in [6, 6.07) is 0. The minimum Gasteiger partial charge on any atom is -0.353 e. The van der Waals surface area contributed by atoms with E-state index in [9.17, 15) is 13.2 Å². The first-order valence-electron chi connectivity index (χ1n) is 5.28. The molecule has 1 N–H and O–H groups in total. The summed E-state index contributed by atoms with van der Waals surface area (Å²) in [4.78, 5) is 12.7. The summed E-state index contributed by atoms with van der Waals surface area (Å²) in [7, 11) is -0.414. The molecule has 0 bridgehead atoms. The van der Waals surface area contributed by atoms with E-state index in [1.165, 1.54) is 6.08 Å². The summed E-state index contributed by atoms with van der Waals surface area (Å²) in [5, 5.41) is 2.64. The molecule has 100 valence electrons. The van der Waals surface area contributed by atoms with Crippen molar-refractivity contribution in [3.8, 4) is 0 Å². The van der Waals surface area contributed by atoms with Gasteiger partial charge in [-0.1, -0.05) is 6.58 Å². The summed E-state index contributed by atoms with van der Waals surface area (Å²) < 4.78 is 26.4. The van der Waals surface area contributed by atoms with Crippen LogP contribution in [0.25, 0.3) is 0 Å².